The number of aldehydes is 1. The lowest BCUT2D eigenvalue weighted by Crippen LogP contribution is -2.11. The van der Waals surface area contributed by atoms with Crippen molar-refractivity contribution in [3.63, 3.8) is 0 Å². The molecule has 2 heteroatoms. The Kier molecular flexibility index (Phi) is 3.46. The SMILES string of the molecule is O=CCc1ccccc1CC1C(=O)Cc2ccccc21. The van der Waals surface area contributed by atoms with Gasteiger partial charge in [0.15, 0.2) is 0 Å². The topological polar surface area (TPSA) is 34.1 Å². The first-order valence-corrected chi connectivity index (χ1v) is 6.90. The van der Waals surface area contributed by atoms with Crippen molar-refractivity contribution in [1.29, 1.82) is 0 Å². The van der Waals surface area contributed by atoms with Gasteiger partial charge in [0.2, 0.25) is 0 Å². The maximum atomic E-state index is 12.2. The number of carbonyl (C=O) groups excluding carboxylic acids is 2. The van der Waals surface area contributed by atoms with Crippen molar-refractivity contribution in [2.45, 2.75) is 25.2 Å². The lowest BCUT2D eigenvalue weighted by atomic mass is 9.90. The second kappa shape index (κ2) is 5.41. The van der Waals surface area contributed by atoms with Gasteiger partial charge >= 0.3 is 0 Å². The van der Waals surface area contributed by atoms with Crippen LogP contribution < -0.4 is 0 Å². The molecule has 0 saturated heterocycles. The first-order valence-electron chi connectivity index (χ1n) is 6.90. The molecule has 0 radical (unpaired) electrons. The maximum absolute atomic E-state index is 12.2. The van der Waals surface area contributed by atoms with Gasteiger partial charge in [0.05, 0.1) is 0 Å². The number of Topliss-reactive ketones (excluding diaryl/α,β-unsaturated/α-hetero) is 1. The van der Waals surface area contributed by atoms with E-state index in [1.807, 2.05) is 48.5 Å². The highest BCUT2D eigenvalue weighted by molar-refractivity contribution is 5.92. The molecule has 1 aliphatic carbocycles. The third-order valence-corrected chi connectivity index (χ3v) is 4.03. The molecule has 0 aromatic heterocycles. The lowest BCUT2D eigenvalue weighted by Gasteiger charge is -2.13. The van der Waals surface area contributed by atoms with Gasteiger partial charge in [-0.3, -0.25) is 4.79 Å². The van der Waals surface area contributed by atoms with Crippen LogP contribution >= 0.6 is 0 Å². The van der Waals surface area contributed by atoms with E-state index in [4.69, 9.17) is 0 Å². The van der Waals surface area contributed by atoms with Crippen molar-refractivity contribution in [3.05, 3.63) is 70.8 Å². The van der Waals surface area contributed by atoms with Gasteiger partial charge in [0, 0.05) is 18.8 Å². The average Bonchev–Trinajstić information content (AvgIpc) is 2.78. The molecule has 0 aliphatic heterocycles. The van der Waals surface area contributed by atoms with Crippen LogP contribution in [-0.4, -0.2) is 12.1 Å². The van der Waals surface area contributed by atoms with Crippen LogP contribution in [0.15, 0.2) is 48.5 Å². The molecular weight excluding hydrogens is 248 g/mol. The third kappa shape index (κ3) is 2.29. The summed E-state index contributed by atoms with van der Waals surface area (Å²) in [6, 6.07) is 15.9. The zero-order valence-electron chi connectivity index (χ0n) is 11.2. The second-order valence-corrected chi connectivity index (χ2v) is 5.24. The number of hydrogen-bond acceptors (Lipinski definition) is 2. The lowest BCUT2D eigenvalue weighted by molar-refractivity contribution is -0.119. The van der Waals surface area contributed by atoms with E-state index in [1.165, 1.54) is 0 Å². The van der Waals surface area contributed by atoms with Gasteiger partial charge in [0.25, 0.3) is 0 Å². The van der Waals surface area contributed by atoms with Gasteiger partial charge in [-0.1, -0.05) is 48.5 Å². The minimum Gasteiger partial charge on any atom is -0.303 e. The monoisotopic (exact) mass is 264 g/mol. The van der Waals surface area contributed by atoms with Crippen LogP contribution in [0.1, 0.15) is 28.2 Å². The normalized spacial score (nSPS) is 17.0. The van der Waals surface area contributed by atoms with Crippen molar-refractivity contribution in [1.82, 2.24) is 0 Å². The smallest absolute Gasteiger partial charge is 0.145 e. The highest BCUT2D eigenvalue weighted by atomic mass is 16.1. The number of hydrogen-bond donors (Lipinski definition) is 0. The Morgan fingerprint density at radius 3 is 2.50 bits per heavy atom. The van der Waals surface area contributed by atoms with E-state index < -0.39 is 0 Å². The summed E-state index contributed by atoms with van der Waals surface area (Å²) in [6.07, 6.45) is 2.57. The standard InChI is InChI=1S/C18H16O2/c19-10-9-13-5-1-2-6-14(13)11-17-16-8-4-3-7-15(16)12-18(17)20/h1-8,10,17H,9,11-12H2. The fourth-order valence-corrected chi connectivity index (χ4v) is 3.01. The predicted molar refractivity (Wildman–Crippen MR) is 77.8 cm³/mol. The molecule has 0 amide bonds. The van der Waals surface area contributed by atoms with Crippen molar-refractivity contribution in [2.75, 3.05) is 0 Å². The summed E-state index contributed by atoms with van der Waals surface area (Å²) in [4.78, 5) is 23.0. The molecule has 0 N–H and O–H groups in total. The van der Waals surface area contributed by atoms with Crippen LogP contribution in [0, 0.1) is 0 Å². The van der Waals surface area contributed by atoms with E-state index in [0.29, 0.717) is 19.3 Å². The van der Waals surface area contributed by atoms with E-state index in [0.717, 1.165) is 28.5 Å². The second-order valence-electron chi connectivity index (χ2n) is 5.24. The van der Waals surface area contributed by atoms with E-state index in [-0.39, 0.29) is 11.7 Å². The van der Waals surface area contributed by atoms with Gasteiger partial charge in [0.1, 0.15) is 12.1 Å². The molecule has 2 nitrogen and oxygen atoms in total. The van der Waals surface area contributed by atoms with Gasteiger partial charge in [-0.2, -0.15) is 0 Å². The Labute approximate surface area is 118 Å². The molecule has 2 aromatic rings. The van der Waals surface area contributed by atoms with Gasteiger partial charge in [-0.25, -0.2) is 0 Å². The first kappa shape index (κ1) is 12.8. The summed E-state index contributed by atoms with van der Waals surface area (Å²) >= 11 is 0. The zero-order valence-corrected chi connectivity index (χ0v) is 11.2. The molecule has 0 heterocycles. The molecule has 1 aliphatic rings. The molecule has 20 heavy (non-hydrogen) atoms. The van der Waals surface area contributed by atoms with Crippen LogP contribution in [0.5, 0.6) is 0 Å². The molecule has 100 valence electrons. The predicted octanol–water partition coefficient (Wildman–Crippen LogP) is 2.88. The minimum absolute atomic E-state index is 0.0565. The number of rotatable bonds is 4. The van der Waals surface area contributed by atoms with Gasteiger partial charge in [-0.05, 0) is 28.7 Å². The molecule has 1 atom stereocenters. The Morgan fingerprint density at radius 1 is 1.00 bits per heavy atom. The number of ketones is 1. The Bertz CT molecular complexity index is 658. The van der Waals surface area contributed by atoms with Crippen LogP contribution in [0.4, 0.5) is 0 Å². The number of fused-ring (bicyclic) bond motifs is 1. The maximum Gasteiger partial charge on any atom is 0.145 e. The highest BCUT2D eigenvalue weighted by Gasteiger charge is 2.30. The van der Waals surface area contributed by atoms with Crippen LogP contribution in [0.3, 0.4) is 0 Å². The summed E-state index contributed by atoms with van der Waals surface area (Å²) in [7, 11) is 0. The molecule has 2 aromatic carbocycles. The van der Waals surface area contributed by atoms with E-state index in [9.17, 15) is 9.59 Å². The van der Waals surface area contributed by atoms with Crippen LogP contribution in [0.2, 0.25) is 0 Å². The third-order valence-electron chi connectivity index (χ3n) is 4.03. The summed E-state index contributed by atoms with van der Waals surface area (Å²) < 4.78 is 0. The Morgan fingerprint density at radius 2 is 1.70 bits per heavy atom. The zero-order chi connectivity index (χ0) is 13.9. The minimum atomic E-state index is -0.0565. The molecule has 1 unspecified atom stereocenters. The number of carbonyl (C=O) groups is 2. The number of benzene rings is 2. The summed E-state index contributed by atoms with van der Waals surface area (Å²) in [6.45, 7) is 0. The molecule has 0 fully saturated rings. The van der Waals surface area contributed by atoms with Crippen molar-refractivity contribution in [2.24, 2.45) is 0 Å². The van der Waals surface area contributed by atoms with E-state index in [2.05, 4.69) is 0 Å². The largest absolute Gasteiger partial charge is 0.303 e. The van der Waals surface area contributed by atoms with E-state index in [1.54, 1.807) is 0 Å². The first-order chi connectivity index (χ1) is 9.79. The Balaban J connectivity index is 1.92. The van der Waals surface area contributed by atoms with Crippen molar-refractivity contribution in [3.8, 4) is 0 Å². The van der Waals surface area contributed by atoms with Gasteiger partial charge in [-0.15, -0.1) is 0 Å². The van der Waals surface area contributed by atoms with Crippen molar-refractivity contribution < 1.29 is 9.59 Å². The summed E-state index contributed by atoms with van der Waals surface area (Å²) in [5, 5.41) is 0. The highest BCUT2D eigenvalue weighted by Crippen LogP contribution is 2.33. The molecular formula is C18H16O2. The fourth-order valence-electron chi connectivity index (χ4n) is 3.01. The summed E-state index contributed by atoms with van der Waals surface area (Å²) in [5.74, 6) is 0.228. The Hall–Kier alpha value is -2.22. The fraction of sp³-hybridized carbons (Fsp3) is 0.222. The molecule has 0 spiro atoms. The molecule has 0 bridgehead atoms. The van der Waals surface area contributed by atoms with Crippen LogP contribution in [0.25, 0.3) is 0 Å². The van der Waals surface area contributed by atoms with Crippen LogP contribution in [-0.2, 0) is 28.9 Å². The molecule has 0 saturated carbocycles. The van der Waals surface area contributed by atoms with Gasteiger partial charge < -0.3 is 4.79 Å². The quantitative estimate of drug-likeness (QED) is 0.796. The van der Waals surface area contributed by atoms with Crippen molar-refractivity contribution >= 4 is 12.1 Å². The molecule has 3 rings (SSSR count). The van der Waals surface area contributed by atoms with E-state index >= 15 is 0 Å². The summed E-state index contributed by atoms with van der Waals surface area (Å²) in [5.41, 5.74) is 4.43. The average molecular weight is 264 g/mol.